The lowest BCUT2D eigenvalue weighted by Crippen LogP contribution is -2.34. The Morgan fingerprint density at radius 1 is 1.07 bits per heavy atom. The zero-order valence-corrected chi connectivity index (χ0v) is 25.9. The topological polar surface area (TPSA) is 83.0 Å². The van der Waals surface area contributed by atoms with Crippen LogP contribution in [0.15, 0.2) is 53.7 Å². The summed E-state index contributed by atoms with van der Waals surface area (Å²) in [5.74, 6) is -0.225. The first-order valence-corrected chi connectivity index (χ1v) is 15.3. The number of aryl methyl sites for hydroxylation is 1. The van der Waals surface area contributed by atoms with Crippen LogP contribution < -0.4 is 5.69 Å². The molecule has 12 heteroatoms. The second kappa shape index (κ2) is 11.8. The number of rotatable bonds is 6. The Balaban J connectivity index is 1.40. The van der Waals surface area contributed by atoms with Crippen molar-refractivity contribution in [2.24, 2.45) is 5.92 Å². The monoisotopic (exact) mass is 625 g/mol. The zero-order chi connectivity index (χ0) is 32.1. The van der Waals surface area contributed by atoms with Gasteiger partial charge in [0.2, 0.25) is 0 Å². The molecule has 0 radical (unpaired) electrons. The maximum Gasteiger partial charge on any atom is 0.435 e. The van der Waals surface area contributed by atoms with Crippen molar-refractivity contribution in [2.45, 2.75) is 71.2 Å². The van der Waals surface area contributed by atoms with Crippen LogP contribution in [0, 0.1) is 12.8 Å². The van der Waals surface area contributed by atoms with Crippen LogP contribution in [-0.2, 0) is 22.2 Å². The Kier molecular flexibility index (Phi) is 8.15. The molecule has 6 rings (SSSR count). The summed E-state index contributed by atoms with van der Waals surface area (Å²) in [5.41, 5.74) is 0.833. The first kappa shape index (κ1) is 31.1. The standard InChI is InChI=1S/C33H38F3N5O4/c1-21-15-41(31(43)45-32(2,3)4)37-29(21)28(24-19-44-20-24)23-9-8-10-25(14-23)39-18-27-26(33(34,35)36)13-22(17-40(27)30(39)42)16-38-11-6-5-7-12-38/h8-10,13-15,17-18,24,28H,5-7,11-12,16,19-20H2,1-4H3. The fourth-order valence-corrected chi connectivity index (χ4v) is 6.27. The minimum Gasteiger partial charge on any atom is -0.442 e. The summed E-state index contributed by atoms with van der Waals surface area (Å²) in [4.78, 5) is 28.6. The van der Waals surface area contributed by atoms with Crippen molar-refractivity contribution in [3.05, 3.63) is 87.4 Å². The maximum atomic E-state index is 14.3. The molecule has 45 heavy (non-hydrogen) atoms. The molecule has 2 saturated heterocycles. The third kappa shape index (κ3) is 6.44. The summed E-state index contributed by atoms with van der Waals surface area (Å²) >= 11 is 0. The average molecular weight is 626 g/mol. The molecule has 1 atom stereocenters. The normalized spacial score (nSPS) is 17.4. The molecule has 0 N–H and O–H groups in total. The first-order chi connectivity index (χ1) is 21.3. The van der Waals surface area contributed by atoms with Gasteiger partial charge in [0.25, 0.3) is 0 Å². The maximum absolute atomic E-state index is 14.3. The molecule has 2 aliphatic heterocycles. The van der Waals surface area contributed by atoms with Crippen molar-refractivity contribution in [2.75, 3.05) is 26.3 Å². The molecule has 0 aliphatic carbocycles. The van der Waals surface area contributed by atoms with Gasteiger partial charge in [-0.2, -0.15) is 23.0 Å². The molecule has 4 aromatic rings. The highest BCUT2D eigenvalue weighted by Crippen LogP contribution is 2.38. The van der Waals surface area contributed by atoms with Crippen molar-refractivity contribution in [3.63, 3.8) is 0 Å². The molecule has 0 saturated carbocycles. The number of hydrogen-bond acceptors (Lipinski definition) is 6. The molecule has 1 aromatic carbocycles. The van der Waals surface area contributed by atoms with Crippen molar-refractivity contribution in [3.8, 4) is 5.69 Å². The van der Waals surface area contributed by atoms with E-state index in [2.05, 4.69) is 10.00 Å². The molecular weight excluding hydrogens is 587 g/mol. The van der Waals surface area contributed by atoms with Crippen LogP contribution in [0.25, 0.3) is 11.2 Å². The number of halogens is 3. The lowest BCUT2D eigenvalue weighted by atomic mass is 9.81. The Bertz CT molecular complexity index is 1770. The quantitative estimate of drug-likeness (QED) is 0.255. The molecule has 5 heterocycles. The smallest absolute Gasteiger partial charge is 0.435 e. The van der Waals surface area contributed by atoms with Gasteiger partial charge in [0, 0.05) is 37.0 Å². The number of likely N-dealkylation sites (tertiary alicyclic amines) is 1. The number of carbonyl (C=O) groups is 1. The van der Waals surface area contributed by atoms with Gasteiger partial charge in [0.05, 0.1) is 35.7 Å². The molecule has 1 unspecified atom stereocenters. The SMILES string of the molecule is Cc1cn(C(=O)OC(C)(C)C)nc1C(c1cccc(-n2cc3c(C(F)(F)F)cc(CN4CCCCC4)cn3c2=O)c1)C1COC1. The number of ether oxygens (including phenoxy) is 2. The van der Waals surface area contributed by atoms with E-state index in [-0.39, 0.29) is 17.4 Å². The lowest BCUT2D eigenvalue weighted by molar-refractivity contribution is -0.136. The predicted octanol–water partition coefficient (Wildman–Crippen LogP) is 6.16. The Labute approximate surface area is 259 Å². The Morgan fingerprint density at radius 2 is 1.80 bits per heavy atom. The van der Waals surface area contributed by atoms with E-state index in [4.69, 9.17) is 9.47 Å². The number of piperidine rings is 1. The fraction of sp³-hybridized carbons (Fsp3) is 0.485. The van der Waals surface area contributed by atoms with Crippen LogP contribution in [-0.4, -0.2) is 61.6 Å². The highest BCUT2D eigenvalue weighted by atomic mass is 19.4. The van der Waals surface area contributed by atoms with Crippen LogP contribution in [0.4, 0.5) is 18.0 Å². The van der Waals surface area contributed by atoms with Gasteiger partial charge in [0.1, 0.15) is 5.60 Å². The van der Waals surface area contributed by atoms with Gasteiger partial charge in [-0.25, -0.2) is 9.59 Å². The average Bonchev–Trinajstić information content (AvgIpc) is 3.49. The molecule has 0 spiro atoms. The van der Waals surface area contributed by atoms with E-state index in [0.29, 0.717) is 36.7 Å². The minimum atomic E-state index is -4.64. The number of benzene rings is 1. The molecule has 0 amide bonds. The van der Waals surface area contributed by atoms with Gasteiger partial charge in [-0.3, -0.25) is 13.9 Å². The minimum absolute atomic E-state index is 0.0555. The molecule has 2 aliphatic rings. The van der Waals surface area contributed by atoms with Crippen LogP contribution in [0.1, 0.15) is 73.9 Å². The number of imidazole rings is 1. The number of hydrogen-bond donors (Lipinski definition) is 0. The van der Waals surface area contributed by atoms with Crippen LogP contribution in [0.3, 0.4) is 0 Å². The fourth-order valence-electron chi connectivity index (χ4n) is 6.27. The van der Waals surface area contributed by atoms with Gasteiger partial charge in [-0.1, -0.05) is 18.6 Å². The van der Waals surface area contributed by atoms with E-state index in [1.807, 2.05) is 13.0 Å². The molecule has 0 bridgehead atoms. The first-order valence-electron chi connectivity index (χ1n) is 15.3. The number of aromatic nitrogens is 4. The van der Waals surface area contributed by atoms with Crippen molar-refractivity contribution >= 4 is 11.6 Å². The van der Waals surface area contributed by atoms with E-state index >= 15 is 0 Å². The van der Waals surface area contributed by atoms with Gasteiger partial charge < -0.3 is 9.47 Å². The third-order valence-corrected chi connectivity index (χ3v) is 8.44. The molecular formula is C33H38F3N5O4. The van der Waals surface area contributed by atoms with Crippen LogP contribution >= 0.6 is 0 Å². The number of alkyl halides is 3. The van der Waals surface area contributed by atoms with Crippen LogP contribution in [0.2, 0.25) is 0 Å². The zero-order valence-electron chi connectivity index (χ0n) is 25.9. The number of carbonyl (C=O) groups excluding carboxylic acids is 1. The van der Waals surface area contributed by atoms with E-state index in [0.717, 1.165) is 47.9 Å². The number of nitrogens with zero attached hydrogens (tertiary/aromatic N) is 5. The van der Waals surface area contributed by atoms with Gasteiger partial charge >= 0.3 is 18.0 Å². The highest BCUT2D eigenvalue weighted by molar-refractivity contribution is 5.70. The number of fused-ring (bicyclic) bond motifs is 1. The predicted molar refractivity (Wildman–Crippen MR) is 162 cm³/mol. The second-order valence-corrected chi connectivity index (χ2v) is 13.1. The van der Waals surface area contributed by atoms with Crippen molar-refractivity contribution < 1.29 is 27.4 Å². The summed E-state index contributed by atoms with van der Waals surface area (Å²) < 4.78 is 57.5. The third-order valence-electron chi connectivity index (χ3n) is 8.44. The van der Waals surface area contributed by atoms with E-state index in [9.17, 15) is 22.8 Å². The largest absolute Gasteiger partial charge is 0.442 e. The number of pyridine rings is 1. The second-order valence-electron chi connectivity index (χ2n) is 13.1. The molecule has 9 nitrogen and oxygen atoms in total. The highest BCUT2D eigenvalue weighted by Gasteiger charge is 2.36. The van der Waals surface area contributed by atoms with Crippen molar-refractivity contribution in [1.82, 2.24) is 23.6 Å². The summed E-state index contributed by atoms with van der Waals surface area (Å²) in [5, 5.41) is 4.61. The summed E-state index contributed by atoms with van der Waals surface area (Å²) in [6.45, 7) is 10.2. The van der Waals surface area contributed by atoms with E-state index in [1.165, 1.54) is 27.7 Å². The lowest BCUT2D eigenvalue weighted by Gasteiger charge is -2.33. The molecule has 3 aromatic heterocycles. The summed E-state index contributed by atoms with van der Waals surface area (Å²) in [6.07, 6.45) is 2.33. The van der Waals surface area contributed by atoms with Crippen LogP contribution in [0.5, 0.6) is 0 Å². The summed E-state index contributed by atoms with van der Waals surface area (Å²) in [7, 11) is 0. The van der Waals surface area contributed by atoms with Gasteiger partial charge in [-0.15, -0.1) is 0 Å². The van der Waals surface area contributed by atoms with Crippen molar-refractivity contribution in [1.29, 1.82) is 0 Å². The van der Waals surface area contributed by atoms with E-state index < -0.39 is 29.1 Å². The Hall–Kier alpha value is -3.90. The molecule has 240 valence electrons. The summed E-state index contributed by atoms with van der Waals surface area (Å²) in [6, 6.07) is 8.35. The van der Waals surface area contributed by atoms with Gasteiger partial charge in [0.15, 0.2) is 0 Å². The molecule has 2 fully saturated rings. The van der Waals surface area contributed by atoms with Gasteiger partial charge in [-0.05, 0) is 88.5 Å². The Morgan fingerprint density at radius 3 is 2.44 bits per heavy atom. The van der Waals surface area contributed by atoms with E-state index in [1.54, 1.807) is 45.2 Å².